The highest BCUT2D eigenvalue weighted by Crippen LogP contribution is 2.28. The molecule has 0 radical (unpaired) electrons. The number of nitrogens with one attached hydrogen (secondary N) is 1. The number of ether oxygens (including phenoxy) is 1. The third kappa shape index (κ3) is 4.30. The van der Waals surface area contributed by atoms with Gasteiger partial charge >= 0.3 is 0 Å². The molecule has 0 amide bonds. The van der Waals surface area contributed by atoms with E-state index in [1.54, 1.807) is 0 Å². The summed E-state index contributed by atoms with van der Waals surface area (Å²) in [6.45, 7) is 4.68. The maximum Gasteiger partial charge on any atom is 0.0641 e. The third-order valence-corrected chi connectivity index (χ3v) is 3.68. The molecule has 2 rings (SSSR count). The van der Waals surface area contributed by atoms with E-state index in [-0.39, 0.29) is 12.1 Å². The van der Waals surface area contributed by atoms with Crippen molar-refractivity contribution in [2.24, 2.45) is 5.84 Å². The van der Waals surface area contributed by atoms with E-state index in [4.69, 9.17) is 10.6 Å². The molecule has 1 fully saturated rings. The van der Waals surface area contributed by atoms with Crippen LogP contribution in [0.25, 0.3) is 0 Å². The van der Waals surface area contributed by atoms with Gasteiger partial charge in [-0.3, -0.25) is 16.0 Å². The quantitative estimate of drug-likeness (QED) is 0.583. The lowest BCUT2D eigenvalue weighted by Gasteiger charge is -2.16. The molecule has 0 spiro atoms. The molecule has 0 aromatic carbocycles. The molecule has 5 heteroatoms. The number of nitrogens with zero attached hydrogens (tertiary/aromatic N) is 2. The first-order valence-corrected chi connectivity index (χ1v) is 7.30. The van der Waals surface area contributed by atoms with Crippen LogP contribution in [0.15, 0.2) is 12.3 Å². The SMILES string of the molecule is CC(C)OCC(Cc1ccn(C2CCCC2)n1)NN. The molecule has 0 saturated heterocycles. The summed E-state index contributed by atoms with van der Waals surface area (Å²) < 4.78 is 7.72. The fourth-order valence-corrected chi connectivity index (χ4v) is 2.59. The first-order valence-electron chi connectivity index (χ1n) is 7.30. The lowest BCUT2D eigenvalue weighted by molar-refractivity contribution is 0.0611. The van der Waals surface area contributed by atoms with Gasteiger partial charge in [0, 0.05) is 12.6 Å². The molecular weight excluding hydrogens is 240 g/mol. The maximum absolute atomic E-state index is 5.60. The van der Waals surface area contributed by atoms with E-state index in [9.17, 15) is 0 Å². The highest BCUT2D eigenvalue weighted by Gasteiger charge is 2.18. The fraction of sp³-hybridized carbons (Fsp3) is 0.786. The van der Waals surface area contributed by atoms with Crippen LogP contribution in [0.5, 0.6) is 0 Å². The zero-order chi connectivity index (χ0) is 13.7. The summed E-state index contributed by atoms with van der Waals surface area (Å²) in [5.74, 6) is 5.57. The summed E-state index contributed by atoms with van der Waals surface area (Å²) in [5, 5.41) is 4.67. The van der Waals surface area contributed by atoms with E-state index in [1.807, 2.05) is 13.8 Å². The largest absolute Gasteiger partial charge is 0.377 e. The molecule has 108 valence electrons. The van der Waals surface area contributed by atoms with E-state index >= 15 is 0 Å². The van der Waals surface area contributed by atoms with Gasteiger partial charge in [-0.25, -0.2) is 0 Å². The van der Waals surface area contributed by atoms with E-state index in [1.165, 1.54) is 25.7 Å². The summed E-state index contributed by atoms with van der Waals surface area (Å²) in [5.41, 5.74) is 3.90. The Bertz CT molecular complexity index is 371. The predicted octanol–water partition coefficient (Wildman–Crippen LogP) is 1.80. The van der Waals surface area contributed by atoms with Crippen molar-refractivity contribution >= 4 is 0 Å². The van der Waals surface area contributed by atoms with Gasteiger partial charge in [0.25, 0.3) is 0 Å². The van der Waals surface area contributed by atoms with Gasteiger partial charge < -0.3 is 4.74 Å². The minimum absolute atomic E-state index is 0.120. The van der Waals surface area contributed by atoms with Gasteiger partial charge in [-0.15, -0.1) is 0 Å². The Morgan fingerprint density at radius 1 is 1.47 bits per heavy atom. The number of hydrogen-bond acceptors (Lipinski definition) is 4. The molecule has 1 atom stereocenters. The molecule has 0 bridgehead atoms. The van der Waals surface area contributed by atoms with Crippen molar-refractivity contribution in [3.8, 4) is 0 Å². The summed E-state index contributed by atoms with van der Waals surface area (Å²) in [7, 11) is 0. The third-order valence-electron chi connectivity index (χ3n) is 3.68. The van der Waals surface area contributed by atoms with Crippen LogP contribution in [0.4, 0.5) is 0 Å². The molecule has 1 aromatic rings. The molecule has 1 aliphatic rings. The topological polar surface area (TPSA) is 65.1 Å². The standard InChI is InChI=1S/C14H26N4O/c1-11(2)19-10-13(16-15)9-12-7-8-18(17-12)14-5-3-4-6-14/h7-8,11,13-14,16H,3-6,9-10,15H2,1-2H3. The molecule has 19 heavy (non-hydrogen) atoms. The maximum atomic E-state index is 5.60. The average molecular weight is 266 g/mol. The second kappa shape index (κ2) is 7.03. The molecule has 3 N–H and O–H groups in total. The summed E-state index contributed by atoms with van der Waals surface area (Å²) >= 11 is 0. The van der Waals surface area contributed by atoms with Crippen molar-refractivity contribution in [3.63, 3.8) is 0 Å². The molecular formula is C14H26N4O. The van der Waals surface area contributed by atoms with Gasteiger partial charge in [0.15, 0.2) is 0 Å². The lowest BCUT2D eigenvalue weighted by atomic mass is 10.2. The van der Waals surface area contributed by atoms with Gasteiger partial charge in [-0.05, 0) is 32.8 Å². The van der Waals surface area contributed by atoms with Crippen LogP contribution in [-0.2, 0) is 11.2 Å². The lowest BCUT2D eigenvalue weighted by Crippen LogP contribution is -2.41. The number of nitrogens with two attached hydrogens (primary N) is 1. The first kappa shape index (κ1) is 14.5. The highest BCUT2D eigenvalue weighted by molar-refractivity contribution is 5.02. The molecule has 1 saturated carbocycles. The van der Waals surface area contributed by atoms with Crippen molar-refractivity contribution < 1.29 is 4.74 Å². The molecule has 1 heterocycles. The Balaban J connectivity index is 1.86. The summed E-state index contributed by atoms with van der Waals surface area (Å²) in [4.78, 5) is 0. The fourth-order valence-electron chi connectivity index (χ4n) is 2.59. The Kier molecular flexibility index (Phi) is 5.36. The number of hydrogen-bond donors (Lipinski definition) is 2. The second-order valence-corrected chi connectivity index (χ2v) is 5.68. The van der Waals surface area contributed by atoms with Crippen molar-refractivity contribution in [2.45, 2.75) is 64.1 Å². The molecule has 1 unspecified atom stereocenters. The zero-order valence-corrected chi connectivity index (χ0v) is 12.0. The van der Waals surface area contributed by atoms with Gasteiger partial charge in [-0.2, -0.15) is 5.10 Å². The number of hydrazine groups is 1. The number of aromatic nitrogens is 2. The van der Waals surface area contributed by atoms with Crippen LogP contribution in [0, 0.1) is 0 Å². The molecule has 1 aliphatic carbocycles. The van der Waals surface area contributed by atoms with Crippen LogP contribution >= 0.6 is 0 Å². The van der Waals surface area contributed by atoms with Crippen LogP contribution in [0.2, 0.25) is 0 Å². The van der Waals surface area contributed by atoms with Crippen molar-refractivity contribution in [2.75, 3.05) is 6.61 Å². The highest BCUT2D eigenvalue weighted by atomic mass is 16.5. The second-order valence-electron chi connectivity index (χ2n) is 5.68. The Morgan fingerprint density at radius 2 is 2.21 bits per heavy atom. The van der Waals surface area contributed by atoms with Gasteiger partial charge in [-0.1, -0.05) is 12.8 Å². The van der Waals surface area contributed by atoms with Gasteiger partial charge in [0.05, 0.1) is 30.5 Å². The van der Waals surface area contributed by atoms with Crippen LogP contribution < -0.4 is 11.3 Å². The first-order chi connectivity index (χ1) is 9.19. The predicted molar refractivity (Wildman–Crippen MR) is 75.6 cm³/mol. The zero-order valence-electron chi connectivity index (χ0n) is 12.0. The van der Waals surface area contributed by atoms with Crippen LogP contribution in [0.1, 0.15) is 51.3 Å². The van der Waals surface area contributed by atoms with Crippen molar-refractivity contribution in [3.05, 3.63) is 18.0 Å². The van der Waals surface area contributed by atoms with E-state index in [2.05, 4.69) is 27.5 Å². The normalized spacial score (nSPS) is 18.3. The Hall–Kier alpha value is -0.910. The van der Waals surface area contributed by atoms with Crippen molar-refractivity contribution in [1.82, 2.24) is 15.2 Å². The van der Waals surface area contributed by atoms with Gasteiger partial charge in [0.1, 0.15) is 0 Å². The molecule has 1 aromatic heterocycles. The smallest absolute Gasteiger partial charge is 0.0641 e. The minimum atomic E-state index is 0.120. The monoisotopic (exact) mass is 266 g/mol. The minimum Gasteiger partial charge on any atom is -0.377 e. The van der Waals surface area contributed by atoms with Gasteiger partial charge in [0.2, 0.25) is 0 Å². The van der Waals surface area contributed by atoms with Crippen molar-refractivity contribution in [1.29, 1.82) is 0 Å². The Morgan fingerprint density at radius 3 is 2.84 bits per heavy atom. The summed E-state index contributed by atoms with van der Waals surface area (Å²) in [6, 6.07) is 2.82. The molecule has 5 nitrogen and oxygen atoms in total. The summed E-state index contributed by atoms with van der Waals surface area (Å²) in [6.07, 6.45) is 8.31. The molecule has 0 aliphatic heterocycles. The Labute approximate surface area is 115 Å². The van der Waals surface area contributed by atoms with Crippen LogP contribution in [-0.4, -0.2) is 28.5 Å². The van der Waals surface area contributed by atoms with Crippen LogP contribution in [0.3, 0.4) is 0 Å². The number of rotatable bonds is 7. The van der Waals surface area contributed by atoms with E-state index in [0.717, 1.165) is 12.1 Å². The van der Waals surface area contributed by atoms with E-state index in [0.29, 0.717) is 12.6 Å². The van der Waals surface area contributed by atoms with E-state index < -0.39 is 0 Å². The average Bonchev–Trinajstić information content (AvgIpc) is 3.04.